The molecule has 0 saturated carbocycles. The molecule has 4 heterocycles. The summed E-state index contributed by atoms with van der Waals surface area (Å²) in [6.07, 6.45) is 0. The number of thiophene rings is 2. The topological polar surface area (TPSA) is 30.7 Å². The molecule has 0 saturated heterocycles. The first kappa shape index (κ1) is 25.0. The largest absolute Gasteiger partial charge is 0.308 e. The molecule has 45 heavy (non-hydrogen) atoms. The Morgan fingerprint density at radius 1 is 0.444 bits per heavy atom. The van der Waals surface area contributed by atoms with Crippen LogP contribution >= 0.6 is 22.7 Å². The van der Waals surface area contributed by atoms with Crippen LogP contribution in [0.2, 0.25) is 0 Å². The van der Waals surface area contributed by atoms with Crippen molar-refractivity contribution in [2.75, 3.05) is 0 Å². The van der Waals surface area contributed by atoms with Gasteiger partial charge in [0.1, 0.15) is 0 Å². The number of aromatic nitrogens is 3. The molecule has 210 valence electrons. The number of benzene rings is 6. The van der Waals surface area contributed by atoms with E-state index < -0.39 is 0 Å². The van der Waals surface area contributed by atoms with Crippen LogP contribution in [0.15, 0.2) is 140 Å². The number of para-hydroxylation sites is 2. The summed E-state index contributed by atoms with van der Waals surface area (Å²) >= 11 is 3.60. The highest BCUT2D eigenvalue weighted by Crippen LogP contribution is 2.46. The van der Waals surface area contributed by atoms with Crippen molar-refractivity contribution in [1.29, 1.82) is 0 Å². The number of rotatable bonds is 3. The minimum atomic E-state index is 0.749. The zero-order valence-corrected chi connectivity index (χ0v) is 25.6. The molecule has 3 nitrogen and oxygen atoms in total. The molecule has 0 amide bonds. The summed E-state index contributed by atoms with van der Waals surface area (Å²) in [6, 6.07) is 49.8. The third-order valence-electron chi connectivity index (χ3n) is 8.84. The highest BCUT2D eigenvalue weighted by Gasteiger charge is 2.24. The zero-order valence-electron chi connectivity index (χ0n) is 23.9. The molecule has 0 spiro atoms. The van der Waals surface area contributed by atoms with E-state index in [1.807, 2.05) is 11.3 Å². The van der Waals surface area contributed by atoms with Crippen molar-refractivity contribution in [2.24, 2.45) is 0 Å². The van der Waals surface area contributed by atoms with Gasteiger partial charge in [-0.1, -0.05) is 109 Å². The molecule has 5 heteroatoms. The second-order valence-electron chi connectivity index (χ2n) is 11.3. The highest BCUT2D eigenvalue weighted by atomic mass is 32.1. The lowest BCUT2D eigenvalue weighted by Crippen LogP contribution is -2.01. The van der Waals surface area contributed by atoms with Crippen LogP contribution in [-0.4, -0.2) is 14.5 Å². The maximum absolute atomic E-state index is 5.48. The van der Waals surface area contributed by atoms with Crippen LogP contribution in [0.5, 0.6) is 0 Å². The molecule has 10 aromatic rings. The van der Waals surface area contributed by atoms with Crippen molar-refractivity contribution in [3.63, 3.8) is 0 Å². The molecule has 0 aliphatic carbocycles. The molecule has 6 aromatic carbocycles. The van der Waals surface area contributed by atoms with E-state index in [1.54, 1.807) is 11.3 Å². The molecule has 0 aliphatic rings. The van der Waals surface area contributed by atoms with Gasteiger partial charge in [-0.05, 0) is 30.3 Å². The predicted octanol–water partition coefficient (Wildman–Crippen LogP) is 11.6. The molecule has 0 aliphatic heterocycles. The normalized spacial score (nSPS) is 12.0. The van der Waals surface area contributed by atoms with Gasteiger partial charge >= 0.3 is 0 Å². The van der Waals surface area contributed by atoms with Gasteiger partial charge in [0.25, 0.3) is 0 Å². The molecular formula is C40H23N3S2. The molecule has 0 atom stereocenters. The summed E-state index contributed by atoms with van der Waals surface area (Å²) in [6.45, 7) is 0. The van der Waals surface area contributed by atoms with Crippen LogP contribution in [-0.2, 0) is 0 Å². The second kappa shape index (κ2) is 9.57. The smallest absolute Gasteiger partial charge is 0.164 e. The van der Waals surface area contributed by atoms with Crippen LogP contribution in [0.25, 0.3) is 90.6 Å². The second-order valence-corrected chi connectivity index (χ2v) is 13.4. The summed E-state index contributed by atoms with van der Waals surface area (Å²) in [5.74, 6) is 0.749. The van der Waals surface area contributed by atoms with E-state index in [2.05, 4.69) is 144 Å². The fourth-order valence-corrected chi connectivity index (χ4v) is 9.25. The van der Waals surface area contributed by atoms with E-state index in [4.69, 9.17) is 9.97 Å². The maximum atomic E-state index is 5.48. The van der Waals surface area contributed by atoms with Crippen LogP contribution in [0.4, 0.5) is 0 Å². The summed E-state index contributed by atoms with van der Waals surface area (Å²) < 4.78 is 7.21. The van der Waals surface area contributed by atoms with Gasteiger partial charge in [0, 0.05) is 46.6 Å². The summed E-state index contributed by atoms with van der Waals surface area (Å²) in [5, 5.41) is 6.13. The SMILES string of the molecule is c1ccc(-c2nc(-c3c(-n4c5ccccc5c5ccccc54)ccc4c3sc3ccccc34)nc3c2sc2ccccc23)cc1. The van der Waals surface area contributed by atoms with Gasteiger partial charge in [-0.3, -0.25) is 0 Å². The molecular weight excluding hydrogens is 587 g/mol. The lowest BCUT2D eigenvalue weighted by atomic mass is 10.0. The van der Waals surface area contributed by atoms with Gasteiger partial charge in [-0.2, -0.15) is 0 Å². The maximum Gasteiger partial charge on any atom is 0.164 e. The minimum absolute atomic E-state index is 0.749. The van der Waals surface area contributed by atoms with Gasteiger partial charge in [0.15, 0.2) is 5.82 Å². The lowest BCUT2D eigenvalue weighted by molar-refractivity contribution is 1.16. The van der Waals surface area contributed by atoms with Crippen molar-refractivity contribution in [3.05, 3.63) is 140 Å². The van der Waals surface area contributed by atoms with Crippen LogP contribution in [0, 0.1) is 0 Å². The number of fused-ring (bicyclic) bond motifs is 9. The van der Waals surface area contributed by atoms with E-state index in [9.17, 15) is 0 Å². The van der Waals surface area contributed by atoms with Gasteiger partial charge in [-0.15, -0.1) is 22.7 Å². The monoisotopic (exact) mass is 609 g/mol. The van der Waals surface area contributed by atoms with Crippen molar-refractivity contribution in [2.45, 2.75) is 0 Å². The van der Waals surface area contributed by atoms with E-state index >= 15 is 0 Å². The van der Waals surface area contributed by atoms with Crippen LogP contribution in [0.1, 0.15) is 0 Å². The molecule has 0 N–H and O–H groups in total. The van der Waals surface area contributed by atoms with Crippen LogP contribution in [0.3, 0.4) is 0 Å². The fourth-order valence-electron chi connectivity index (χ4n) is 6.86. The van der Waals surface area contributed by atoms with Crippen LogP contribution < -0.4 is 0 Å². The summed E-state index contributed by atoms with van der Waals surface area (Å²) in [7, 11) is 0. The van der Waals surface area contributed by atoms with Gasteiger partial charge in [-0.25, -0.2) is 9.97 Å². The standard InChI is InChI=1S/C40H23N3S2/c1-2-12-24(13-3-1)36-39-37(29-17-7-11-21-34(29)45-39)42-40(41-36)35-32(23-22-28-27-16-6-10-20-33(27)44-38(28)35)43-30-18-8-4-14-25(30)26-15-5-9-19-31(26)43/h1-23H. The predicted molar refractivity (Wildman–Crippen MR) is 193 cm³/mol. The first-order valence-electron chi connectivity index (χ1n) is 15.0. The molecule has 4 aromatic heterocycles. The van der Waals surface area contributed by atoms with Crippen molar-refractivity contribution in [1.82, 2.24) is 14.5 Å². The van der Waals surface area contributed by atoms with Crippen molar-refractivity contribution in [3.8, 4) is 28.3 Å². The molecule has 0 unspecified atom stereocenters. The Bertz CT molecular complexity index is 2710. The third-order valence-corrected chi connectivity index (χ3v) is 11.2. The van der Waals surface area contributed by atoms with Gasteiger partial charge in [0.2, 0.25) is 0 Å². The first-order chi connectivity index (χ1) is 22.3. The Kier molecular flexibility index (Phi) is 5.32. The Morgan fingerprint density at radius 2 is 1.02 bits per heavy atom. The highest BCUT2D eigenvalue weighted by molar-refractivity contribution is 7.26. The van der Waals surface area contributed by atoms with E-state index in [-0.39, 0.29) is 0 Å². The minimum Gasteiger partial charge on any atom is -0.308 e. The summed E-state index contributed by atoms with van der Waals surface area (Å²) in [4.78, 5) is 10.9. The fraction of sp³-hybridized carbons (Fsp3) is 0. The number of hydrogen-bond acceptors (Lipinski definition) is 4. The molecule has 0 radical (unpaired) electrons. The Hall–Kier alpha value is -5.36. The Morgan fingerprint density at radius 3 is 1.76 bits per heavy atom. The molecule has 0 bridgehead atoms. The number of hydrogen-bond donors (Lipinski definition) is 0. The third kappa shape index (κ3) is 3.62. The van der Waals surface area contributed by atoms with Gasteiger partial charge in [0.05, 0.1) is 38.2 Å². The van der Waals surface area contributed by atoms with E-state index in [1.165, 1.54) is 52.1 Å². The summed E-state index contributed by atoms with van der Waals surface area (Å²) in [5.41, 5.74) is 7.57. The van der Waals surface area contributed by atoms with Crippen molar-refractivity contribution >= 4 is 85.0 Å². The van der Waals surface area contributed by atoms with E-state index in [0.717, 1.165) is 38.5 Å². The van der Waals surface area contributed by atoms with E-state index in [0.29, 0.717) is 0 Å². The Labute approximate surface area is 266 Å². The average molecular weight is 610 g/mol. The Balaban J connectivity index is 1.41. The quantitative estimate of drug-likeness (QED) is 0.199. The molecule has 0 fully saturated rings. The van der Waals surface area contributed by atoms with Gasteiger partial charge < -0.3 is 4.57 Å². The molecule has 10 rings (SSSR count). The zero-order chi connectivity index (χ0) is 29.5. The number of nitrogens with zero attached hydrogens (tertiary/aromatic N) is 3. The lowest BCUT2D eigenvalue weighted by Gasteiger charge is -2.15. The first-order valence-corrected chi connectivity index (χ1v) is 16.6. The average Bonchev–Trinajstić information content (AvgIpc) is 3.77. The van der Waals surface area contributed by atoms with Crippen molar-refractivity contribution < 1.29 is 0 Å².